The van der Waals surface area contributed by atoms with Gasteiger partial charge in [0.05, 0.1) is 6.20 Å². The number of aromatic nitrogens is 4. The number of Topliss-reactive ketones (excluding diaryl/α,β-unsaturated/α-hetero) is 1. The van der Waals surface area contributed by atoms with E-state index < -0.39 is 0 Å². The van der Waals surface area contributed by atoms with Crippen LogP contribution in [-0.2, 0) is 10.5 Å². The lowest BCUT2D eigenvalue weighted by Crippen LogP contribution is -2.31. The fraction of sp³-hybridized carbons (Fsp3) is 0.161. The van der Waals surface area contributed by atoms with E-state index in [9.17, 15) is 4.79 Å². The van der Waals surface area contributed by atoms with E-state index in [-0.39, 0.29) is 11.8 Å². The molecule has 0 saturated carbocycles. The molecule has 7 nitrogen and oxygen atoms in total. The summed E-state index contributed by atoms with van der Waals surface area (Å²) in [6.07, 6.45) is 3.97. The molecule has 0 amide bonds. The van der Waals surface area contributed by atoms with Crippen LogP contribution in [0.4, 0.5) is 5.95 Å². The van der Waals surface area contributed by atoms with Crippen molar-refractivity contribution in [2.45, 2.75) is 36.2 Å². The molecule has 39 heavy (non-hydrogen) atoms. The van der Waals surface area contributed by atoms with Gasteiger partial charge in [-0.25, -0.2) is 9.67 Å². The van der Waals surface area contributed by atoms with E-state index in [0.717, 1.165) is 52.3 Å². The van der Waals surface area contributed by atoms with E-state index in [4.69, 9.17) is 14.5 Å². The Morgan fingerprint density at radius 2 is 1.69 bits per heavy atom. The zero-order valence-electron chi connectivity index (χ0n) is 21.1. The van der Waals surface area contributed by atoms with Gasteiger partial charge in [0.15, 0.2) is 11.5 Å². The highest BCUT2D eigenvalue weighted by atomic mass is 32.2. The summed E-state index contributed by atoms with van der Waals surface area (Å²) >= 11 is 1.59. The highest BCUT2D eigenvalue weighted by Crippen LogP contribution is 2.41. The van der Waals surface area contributed by atoms with Gasteiger partial charge in [0, 0.05) is 34.6 Å². The summed E-state index contributed by atoms with van der Waals surface area (Å²) in [6.45, 7) is 0. The zero-order valence-corrected chi connectivity index (χ0v) is 21.9. The molecule has 0 fully saturated rings. The Kier molecular flexibility index (Phi) is 6.09. The van der Waals surface area contributed by atoms with Crippen molar-refractivity contribution in [1.82, 2.24) is 19.7 Å². The summed E-state index contributed by atoms with van der Waals surface area (Å²) in [7, 11) is 0. The first-order valence-corrected chi connectivity index (χ1v) is 14.0. The topological polar surface area (TPSA) is 85.8 Å². The maximum atomic E-state index is 13.2. The number of oxazole rings is 1. The normalized spacial score (nSPS) is 16.5. The summed E-state index contributed by atoms with van der Waals surface area (Å²) in [5.74, 6) is 2.89. The number of hydrogen-bond donors (Lipinski definition) is 1. The van der Waals surface area contributed by atoms with Gasteiger partial charge in [-0.3, -0.25) is 4.79 Å². The number of benzene rings is 3. The predicted octanol–water partition coefficient (Wildman–Crippen LogP) is 6.91. The fourth-order valence-corrected chi connectivity index (χ4v) is 5.96. The van der Waals surface area contributed by atoms with Gasteiger partial charge >= 0.3 is 0 Å². The second-order valence-corrected chi connectivity index (χ2v) is 10.6. The number of allylic oxidation sites excluding steroid dienone is 2. The molecule has 7 rings (SSSR count). The van der Waals surface area contributed by atoms with Gasteiger partial charge in [-0.05, 0) is 36.1 Å². The van der Waals surface area contributed by atoms with Crippen LogP contribution in [0.5, 0.6) is 0 Å². The first-order chi connectivity index (χ1) is 19.2. The van der Waals surface area contributed by atoms with Crippen molar-refractivity contribution in [2.75, 3.05) is 5.32 Å². The van der Waals surface area contributed by atoms with E-state index in [2.05, 4.69) is 22.4 Å². The first-order valence-electron chi connectivity index (χ1n) is 13.0. The number of carbonyl (C=O) groups is 1. The molecule has 1 atom stereocenters. The molecule has 8 heteroatoms. The quantitative estimate of drug-likeness (QED) is 0.238. The van der Waals surface area contributed by atoms with Crippen LogP contribution >= 0.6 is 11.8 Å². The number of rotatable bonds is 6. The second kappa shape index (κ2) is 10.0. The number of carbonyl (C=O) groups excluding carboxylic acids is 1. The van der Waals surface area contributed by atoms with Crippen LogP contribution in [0.25, 0.3) is 22.8 Å². The minimum Gasteiger partial charge on any atom is -0.436 e. The van der Waals surface area contributed by atoms with Gasteiger partial charge in [-0.1, -0.05) is 84.6 Å². The molecule has 3 heterocycles. The van der Waals surface area contributed by atoms with Crippen molar-refractivity contribution in [2.24, 2.45) is 0 Å². The van der Waals surface area contributed by atoms with E-state index >= 15 is 0 Å². The largest absolute Gasteiger partial charge is 0.436 e. The van der Waals surface area contributed by atoms with Crippen LogP contribution in [0.3, 0.4) is 0 Å². The summed E-state index contributed by atoms with van der Waals surface area (Å²) < 4.78 is 7.92. The molecule has 2 aromatic heterocycles. The Hall–Kier alpha value is -4.43. The Morgan fingerprint density at radius 3 is 2.49 bits per heavy atom. The number of nitrogens with one attached hydrogen (secondary N) is 1. The van der Waals surface area contributed by atoms with Gasteiger partial charge in [0.25, 0.3) is 0 Å². The molecule has 0 unspecified atom stereocenters. The molecule has 2 aliphatic rings. The summed E-state index contributed by atoms with van der Waals surface area (Å²) in [5, 5.41) is 8.95. The molecular weight excluding hydrogens is 506 g/mol. The zero-order chi connectivity index (χ0) is 26.2. The van der Waals surface area contributed by atoms with Crippen LogP contribution in [0.2, 0.25) is 0 Å². The van der Waals surface area contributed by atoms with Crippen LogP contribution < -0.4 is 5.32 Å². The summed E-state index contributed by atoms with van der Waals surface area (Å²) in [6, 6.07) is 27.9. The van der Waals surface area contributed by atoms with Crippen LogP contribution in [-0.4, -0.2) is 25.5 Å². The number of fused-ring (bicyclic) bond motifs is 1. The Morgan fingerprint density at radius 1 is 0.923 bits per heavy atom. The number of thioether (sulfide) groups is 1. The maximum Gasteiger partial charge on any atom is 0.227 e. The van der Waals surface area contributed by atoms with Gasteiger partial charge < -0.3 is 9.73 Å². The van der Waals surface area contributed by atoms with E-state index in [1.54, 1.807) is 18.0 Å². The van der Waals surface area contributed by atoms with Crippen molar-refractivity contribution in [3.8, 4) is 22.8 Å². The van der Waals surface area contributed by atoms with Crippen molar-refractivity contribution in [3.05, 3.63) is 114 Å². The number of anilines is 1. The number of ketones is 1. The van der Waals surface area contributed by atoms with Crippen LogP contribution in [0.1, 0.15) is 36.4 Å². The second-order valence-electron chi connectivity index (χ2n) is 9.65. The number of hydrogen-bond acceptors (Lipinski definition) is 7. The monoisotopic (exact) mass is 531 g/mol. The lowest BCUT2D eigenvalue weighted by atomic mass is 9.85. The Bertz CT molecular complexity index is 1670. The molecule has 3 aromatic carbocycles. The van der Waals surface area contributed by atoms with Crippen LogP contribution in [0.15, 0.2) is 112 Å². The number of nitrogens with zero attached hydrogens (tertiary/aromatic N) is 4. The average Bonchev–Trinajstić information content (AvgIpc) is 3.64. The molecule has 0 spiro atoms. The minimum absolute atomic E-state index is 0.165. The lowest BCUT2D eigenvalue weighted by molar-refractivity contribution is -0.116. The minimum atomic E-state index is -0.332. The molecule has 1 aliphatic heterocycles. The molecule has 192 valence electrons. The van der Waals surface area contributed by atoms with Crippen molar-refractivity contribution >= 4 is 23.5 Å². The smallest absolute Gasteiger partial charge is 0.227 e. The van der Waals surface area contributed by atoms with Crippen molar-refractivity contribution in [1.29, 1.82) is 0 Å². The Balaban J connectivity index is 1.20. The molecule has 5 aromatic rings. The fourth-order valence-electron chi connectivity index (χ4n) is 5.18. The van der Waals surface area contributed by atoms with Gasteiger partial charge in [-0.2, -0.15) is 4.98 Å². The maximum absolute atomic E-state index is 13.2. The third-order valence-electron chi connectivity index (χ3n) is 7.10. The molecular formula is C31H25N5O2S. The van der Waals surface area contributed by atoms with E-state index in [0.29, 0.717) is 23.4 Å². The van der Waals surface area contributed by atoms with E-state index in [1.165, 1.54) is 5.56 Å². The molecule has 0 radical (unpaired) electrons. The average molecular weight is 532 g/mol. The highest BCUT2D eigenvalue weighted by Gasteiger charge is 2.36. The van der Waals surface area contributed by atoms with Gasteiger partial charge in [0.2, 0.25) is 17.0 Å². The molecule has 0 saturated heterocycles. The van der Waals surface area contributed by atoms with Gasteiger partial charge in [-0.15, -0.1) is 5.10 Å². The third kappa shape index (κ3) is 4.57. The van der Waals surface area contributed by atoms with Crippen molar-refractivity contribution < 1.29 is 9.21 Å². The summed E-state index contributed by atoms with van der Waals surface area (Å²) in [4.78, 5) is 22.5. The first kappa shape index (κ1) is 23.7. The molecule has 1 aliphatic carbocycles. The summed E-state index contributed by atoms with van der Waals surface area (Å²) in [5.41, 5.74) is 5.79. The predicted molar refractivity (Wildman–Crippen MR) is 151 cm³/mol. The Labute approximate surface area is 230 Å². The lowest BCUT2D eigenvalue weighted by Gasteiger charge is -2.32. The standard InChI is InChI=1S/C31H25N5O2S/c37-25-13-7-12-24-27(25)28(36-30(33-24)34-31(35-36)39-19-20-8-3-1-4-9-20)22-14-16-23(17-15-22)29-32-18-26(38-29)21-10-5-2-6-11-21/h1-6,8-11,14-18,28H,7,12-13,19H2,(H,33,34,35)/t28-/m0/s1. The molecule has 1 N–H and O–H groups in total. The third-order valence-corrected chi connectivity index (χ3v) is 8.01. The molecule has 0 bridgehead atoms. The highest BCUT2D eigenvalue weighted by molar-refractivity contribution is 7.98. The van der Waals surface area contributed by atoms with Crippen LogP contribution in [0, 0.1) is 0 Å². The SMILES string of the molecule is O=C1CCCC2=C1[C@H](c1ccc(-c3ncc(-c4ccccc4)o3)cc1)n1nc(SCc3ccccc3)nc1N2. The van der Waals surface area contributed by atoms with Crippen molar-refractivity contribution in [3.63, 3.8) is 0 Å². The van der Waals surface area contributed by atoms with Gasteiger partial charge in [0.1, 0.15) is 6.04 Å². The van der Waals surface area contributed by atoms with E-state index in [1.807, 2.05) is 77.5 Å².